The highest BCUT2D eigenvalue weighted by atomic mass is 31.1. The van der Waals surface area contributed by atoms with E-state index in [1.807, 2.05) is 38.1 Å². The molecule has 0 bridgehead atoms. The van der Waals surface area contributed by atoms with Crippen LogP contribution in [0.1, 0.15) is 22.3 Å². The molecule has 0 atom stereocenters. The molecule has 2 aromatic rings. The lowest BCUT2D eigenvalue weighted by Crippen LogP contribution is -2.20. The summed E-state index contributed by atoms with van der Waals surface area (Å²) in [5.41, 5.74) is 4.28. The van der Waals surface area contributed by atoms with E-state index in [2.05, 4.69) is 19.1 Å². The molecule has 0 aliphatic heterocycles. The zero-order valence-electron chi connectivity index (χ0n) is 12.2. The van der Waals surface area contributed by atoms with Gasteiger partial charge in [0.25, 0.3) is 0 Å². The first kappa shape index (κ1) is 14.8. The van der Waals surface area contributed by atoms with Crippen LogP contribution in [0.5, 0.6) is 5.75 Å². The van der Waals surface area contributed by atoms with E-state index in [-0.39, 0.29) is 5.48 Å². The SMILES string of the molecule is COc1ccc(P=C([O-])c2c(C)cc(C)cc2C)cc1. The summed E-state index contributed by atoms with van der Waals surface area (Å²) in [6, 6.07) is 11.7. The lowest BCUT2D eigenvalue weighted by atomic mass is 10.0. The van der Waals surface area contributed by atoms with E-state index >= 15 is 0 Å². The van der Waals surface area contributed by atoms with Gasteiger partial charge in [-0.3, -0.25) is 0 Å². The van der Waals surface area contributed by atoms with Crippen LogP contribution in [-0.4, -0.2) is 12.6 Å². The van der Waals surface area contributed by atoms with Crippen molar-refractivity contribution in [1.82, 2.24) is 0 Å². The Labute approximate surface area is 121 Å². The normalized spacial score (nSPS) is 11.6. The van der Waals surface area contributed by atoms with E-state index in [1.54, 1.807) is 7.11 Å². The molecule has 3 heteroatoms. The third-order valence-electron chi connectivity index (χ3n) is 3.19. The number of benzene rings is 2. The Morgan fingerprint density at radius 3 is 2.05 bits per heavy atom. The summed E-state index contributed by atoms with van der Waals surface area (Å²) in [7, 11) is 2.34. The zero-order chi connectivity index (χ0) is 14.7. The molecular weight excluding hydrogens is 267 g/mol. The summed E-state index contributed by atoms with van der Waals surface area (Å²) in [4.78, 5) is 0. The summed E-state index contributed by atoms with van der Waals surface area (Å²) >= 11 is 0. The molecule has 0 spiro atoms. The predicted molar refractivity (Wildman–Crippen MR) is 84.3 cm³/mol. The van der Waals surface area contributed by atoms with Crippen LogP contribution in [0.3, 0.4) is 0 Å². The molecule has 0 saturated heterocycles. The van der Waals surface area contributed by atoms with Gasteiger partial charge in [-0.15, -0.1) is 5.48 Å². The topological polar surface area (TPSA) is 32.3 Å². The smallest absolute Gasteiger partial charge is 0.118 e. The maximum Gasteiger partial charge on any atom is 0.118 e. The van der Waals surface area contributed by atoms with Crippen LogP contribution in [0.2, 0.25) is 0 Å². The number of rotatable bonds is 3. The third-order valence-corrected chi connectivity index (χ3v) is 4.18. The second kappa shape index (κ2) is 6.21. The van der Waals surface area contributed by atoms with Crippen LogP contribution in [-0.2, 0) is 0 Å². The quantitative estimate of drug-likeness (QED) is 0.812. The number of ether oxygens (including phenoxy) is 1. The van der Waals surface area contributed by atoms with Crippen molar-refractivity contribution in [1.29, 1.82) is 0 Å². The number of aryl methyl sites for hydroxylation is 3. The van der Waals surface area contributed by atoms with Gasteiger partial charge in [-0.1, -0.05) is 25.9 Å². The second-order valence-corrected chi connectivity index (χ2v) is 6.03. The Morgan fingerprint density at radius 2 is 1.55 bits per heavy atom. The molecule has 2 rings (SSSR count). The van der Waals surface area contributed by atoms with Crippen molar-refractivity contribution in [2.75, 3.05) is 7.11 Å². The van der Waals surface area contributed by atoms with Gasteiger partial charge in [0.1, 0.15) is 5.75 Å². The van der Waals surface area contributed by atoms with Gasteiger partial charge in [-0.25, -0.2) is 0 Å². The molecule has 0 radical (unpaired) electrons. The standard InChI is InChI=1S/C17H19O2P/c1-11-9-12(2)16(13(3)10-11)17(18)20-15-7-5-14(19-4)6-8-15/h5-10,18H,1-4H3/p-1. The van der Waals surface area contributed by atoms with Crippen molar-refractivity contribution in [3.63, 3.8) is 0 Å². The van der Waals surface area contributed by atoms with Crippen molar-refractivity contribution < 1.29 is 9.84 Å². The average Bonchev–Trinajstić information content (AvgIpc) is 2.38. The fraction of sp³-hybridized carbons (Fsp3) is 0.235. The van der Waals surface area contributed by atoms with Crippen molar-refractivity contribution in [2.24, 2.45) is 0 Å². The van der Waals surface area contributed by atoms with Crippen LogP contribution in [0.4, 0.5) is 0 Å². The highest BCUT2D eigenvalue weighted by molar-refractivity contribution is 7.49. The van der Waals surface area contributed by atoms with E-state index < -0.39 is 0 Å². The molecular formula is C17H18O2P-. The van der Waals surface area contributed by atoms with Gasteiger partial charge in [-0.2, -0.15) is 0 Å². The van der Waals surface area contributed by atoms with Crippen molar-refractivity contribution in [2.45, 2.75) is 20.8 Å². The number of hydrogen-bond acceptors (Lipinski definition) is 2. The van der Waals surface area contributed by atoms with Gasteiger partial charge in [0.05, 0.1) is 7.11 Å². The summed E-state index contributed by atoms with van der Waals surface area (Å²) in [6.07, 6.45) is 0. The van der Waals surface area contributed by atoms with Crippen LogP contribution in [0.15, 0.2) is 36.4 Å². The van der Waals surface area contributed by atoms with Gasteiger partial charge >= 0.3 is 0 Å². The van der Waals surface area contributed by atoms with Crippen molar-refractivity contribution in [3.8, 4) is 5.75 Å². The molecule has 0 aliphatic rings. The molecule has 0 aliphatic carbocycles. The van der Waals surface area contributed by atoms with E-state index in [0.29, 0.717) is 8.20 Å². The molecule has 0 aromatic heterocycles. The molecule has 2 aromatic carbocycles. The summed E-state index contributed by atoms with van der Waals surface area (Å²) in [5.74, 6) is 0.805. The first-order valence-electron chi connectivity index (χ1n) is 6.49. The Balaban J connectivity index is 2.39. The Morgan fingerprint density at radius 1 is 1.00 bits per heavy atom. The van der Waals surface area contributed by atoms with Gasteiger partial charge < -0.3 is 9.84 Å². The lowest BCUT2D eigenvalue weighted by Gasteiger charge is -2.18. The Kier molecular flexibility index (Phi) is 4.59. The number of methoxy groups -OCH3 is 1. The highest BCUT2D eigenvalue weighted by Gasteiger charge is 2.03. The molecule has 2 nitrogen and oxygen atoms in total. The average molecular weight is 285 g/mol. The molecule has 0 heterocycles. The van der Waals surface area contributed by atoms with Gasteiger partial charge in [0.15, 0.2) is 0 Å². The summed E-state index contributed by atoms with van der Waals surface area (Å²) in [6.45, 7) is 6.04. The van der Waals surface area contributed by atoms with Gasteiger partial charge in [-0.05, 0) is 61.7 Å². The maximum absolute atomic E-state index is 12.5. The monoisotopic (exact) mass is 285 g/mol. The van der Waals surface area contributed by atoms with E-state index in [4.69, 9.17) is 4.74 Å². The van der Waals surface area contributed by atoms with E-state index in [0.717, 1.165) is 27.7 Å². The maximum atomic E-state index is 12.5. The van der Waals surface area contributed by atoms with Crippen LogP contribution < -0.4 is 15.1 Å². The lowest BCUT2D eigenvalue weighted by molar-refractivity contribution is -0.207. The first-order valence-corrected chi connectivity index (χ1v) is 7.38. The first-order chi connectivity index (χ1) is 9.51. The van der Waals surface area contributed by atoms with Crippen molar-refractivity contribution >= 4 is 19.0 Å². The fourth-order valence-corrected chi connectivity index (χ4v) is 3.34. The molecule has 0 amide bonds. The molecule has 0 fully saturated rings. The highest BCUT2D eigenvalue weighted by Crippen LogP contribution is 2.19. The van der Waals surface area contributed by atoms with Crippen molar-refractivity contribution in [3.05, 3.63) is 58.7 Å². The molecule has 0 unspecified atom stereocenters. The van der Waals surface area contributed by atoms with Gasteiger partial charge in [0, 0.05) is 5.30 Å². The minimum absolute atomic E-state index is 0.144. The zero-order valence-corrected chi connectivity index (χ0v) is 13.1. The van der Waals surface area contributed by atoms with Crippen LogP contribution in [0, 0.1) is 20.8 Å². The van der Waals surface area contributed by atoms with E-state index in [1.165, 1.54) is 5.56 Å². The van der Waals surface area contributed by atoms with Gasteiger partial charge in [0.2, 0.25) is 0 Å². The largest absolute Gasteiger partial charge is 0.823 e. The second-order valence-electron chi connectivity index (χ2n) is 4.89. The molecule has 20 heavy (non-hydrogen) atoms. The molecule has 0 saturated carbocycles. The fourth-order valence-electron chi connectivity index (χ4n) is 2.35. The minimum atomic E-state index is 0.144. The molecule has 0 N–H and O–H groups in total. The Hall–Kier alpha value is -1.63. The Bertz CT molecular complexity index is 620. The summed E-state index contributed by atoms with van der Waals surface area (Å²) < 4.78 is 5.12. The third kappa shape index (κ3) is 3.27. The summed E-state index contributed by atoms with van der Waals surface area (Å²) in [5, 5.41) is 13.5. The molecule has 104 valence electrons. The van der Waals surface area contributed by atoms with E-state index in [9.17, 15) is 5.11 Å². The minimum Gasteiger partial charge on any atom is -0.823 e. The number of hydrogen-bond donors (Lipinski definition) is 0. The van der Waals surface area contributed by atoms with Crippen LogP contribution >= 0.6 is 8.20 Å². The predicted octanol–water partition coefficient (Wildman–Crippen LogP) is 2.73. The van der Waals surface area contributed by atoms with Crippen LogP contribution in [0.25, 0.3) is 0 Å².